The van der Waals surface area contributed by atoms with Crippen molar-refractivity contribution in [2.45, 2.75) is 38.1 Å². The predicted molar refractivity (Wildman–Crippen MR) is 136 cm³/mol. The fourth-order valence-electron chi connectivity index (χ4n) is 5.01. The van der Waals surface area contributed by atoms with Crippen LogP contribution in [0, 0.1) is 5.92 Å². The monoisotopic (exact) mass is 493 g/mol. The average Bonchev–Trinajstić information content (AvgIpc) is 2.95. The zero-order valence-electron chi connectivity index (χ0n) is 21.1. The Morgan fingerprint density at radius 3 is 1.81 bits per heavy atom. The van der Waals surface area contributed by atoms with E-state index >= 15 is 0 Å². The number of likely N-dealkylation sites (tertiary alicyclic amines) is 2. The topological polar surface area (TPSA) is 88.2 Å². The summed E-state index contributed by atoms with van der Waals surface area (Å²) in [6.07, 6.45) is 4.39. The van der Waals surface area contributed by atoms with Crippen molar-refractivity contribution in [3.63, 3.8) is 0 Å². The maximum Gasteiger partial charge on any atom is 0.253 e. The summed E-state index contributed by atoms with van der Waals surface area (Å²) in [5, 5.41) is 3.04. The molecule has 0 saturated carbocycles. The van der Waals surface area contributed by atoms with Crippen LogP contribution in [-0.4, -0.2) is 74.0 Å². The Labute approximate surface area is 212 Å². The van der Waals surface area contributed by atoms with Gasteiger partial charge in [-0.1, -0.05) is 0 Å². The fourth-order valence-corrected chi connectivity index (χ4v) is 5.01. The van der Waals surface area contributed by atoms with Crippen LogP contribution >= 0.6 is 0 Å². The lowest BCUT2D eigenvalue weighted by Crippen LogP contribution is -2.55. The molecule has 0 aliphatic carbocycles. The molecule has 2 aliphatic rings. The SMILES string of the molecule is COc1ccc(C(=O)N[C@@H](C(=O)N2CCCCC2)C2CCN(C(=O)c3ccc(OC)cc3)CC2)cc1. The van der Waals surface area contributed by atoms with Gasteiger partial charge in [-0.25, -0.2) is 0 Å². The maximum atomic E-state index is 13.6. The number of rotatable bonds is 7. The number of hydrogen-bond acceptors (Lipinski definition) is 5. The van der Waals surface area contributed by atoms with Gasteiger partial charge < -0.3 is 24.6 Å². The van der Waals surface area contributed by atoms with Gasteiger partial charge in [-0.15, -0.1) is 0 Å². The summed E-state index contributed by atoms with van der Waals surface area (Å²) in [5.74, 6) is 1.01. The first-order valence-corrected chi connectivity index (χ1v) is 12.7. The molecule has 0 unspecified atom stereocenters. The van der Waals surface area contributed by atoms with E-state index in [9.17, 15) is 14.4 Å². The number of nitrogens with zero attached hydrogens (tertiary/aromatic N) is 2. The summed E-state index contributed by atoms with van der Waals surface area (Å²) in [6, 6.07) is 13.4. The normalized spacial score (nSPS) is 17.3. The standard InChI is InChI=1S/C28H35N3O5/c1-35-23-10-6-21(7-11-23)26(32)29-25(28(34)30-16-4-3-5-17-30)20-14-18-31(19-15-20)27(33)22-8-12-24(36-2)13-9-22/h6-13,20,25H,3-5,14-19H2,1-2H3,(H,29,32)/t25-/m1/s1. The fraction of sp³-hybridized carbons (Fsp3) is 0.464. The number of hydrogen-bond donors (Lipinski definition) is 1. The third-order valence-electron chi connectivity index (χ3n) is 7.21. The second-order valence-corrected chi connectivity index (χ2v) is 9.42. The molecular formula is C28H35N3O5. The van der Waals surface area contributed by atoms with Crippen molar-refractivity contribution in [2.75, 3.05) is 40.4 Å². The number of piperidine rings is 2. The van der Waals surface area contributed by atoms with Crippen LogP contribution in [0.5, 0.6) is 11.5 Å². The lowest BCUT2D eigenvalue weighted by molar-refractivity contribution is -0.136. The molecule has 192 valence electrons. The van der Waals surface area contributed by atoms with Crippen LogP contribution < -0.4 is 14.8 Å². The Bertz CT molecular complexity index is 1040. The second kappa shape index (κ2) is 11.9. The Morgan fingerprint density at radius 1 is 0.750 bits per heavy atom. The molecular weight excluding hydrogens is 458 g/mol. The summed E-state index contributed by atoms with van der Waals surface area (Å²) in [4.78, 5) is 43.4. The van der Waals surface area contributed by atoms with E-state index in [1.54, 1.807) is 62.8 Å². The molecule has 3 amide bonds. The van der Waals surface area contributed by atoms with Gasteiger partial charge in [0, 0.05) is 37.3 Å². The predicted octanol–water partition coefficient (Wildman–Crippen LogP) is 3.37. The number of carbonyl (C=O) groups is 3. The van der Waals surface area contributed by atoms with Gasteiger partial charge in [0.2, 0.25) is 5.91 Å². The van der Waals surface area contributed by atoms with Gasteiger partial charge >= 0.3 is 0 Å². The molecule has 0 spiro atoms. The first-order valence-electron chi connectivity index (χ1n) is 12.7. The molecule has 2 saturated heterocycles. The lowest BCUT2D eigenvalue weighted by Gasteiger charge is -2.38. The number of methoxy groups -OCH3 is 2. The Balaban J connectivity index is 1.44. The molecule has 1 N–H and O–H groups in total. The van der Waals surface area contributed by atoms with E-state index in [0.29, 0.717) is 48.6 Å². The molecule has 2 aromatic rings. The minimum Gasteiger partial charge on any atom is -0.497 e. The molecule has 36 heavy (non-hydrogen) atoms. The molecule has 8 heteroatoms. The van der Waals surface area contributed by atoms with Gasteiger partial charge in [0.05, 0.1) is 14.2 Å². The first-order chi connectivity index (χ1) is 17.5. The van der Waals surface area contributed by atoms with Crippen molar-refractivity contribution in [1.29, 1.82) is 0 Å². The number of carbonyl (C=O) groups excluding carboxylic acids is 3. The van der Waals surface area contributed by atoms with Gasteiger partial charge in [-0.05, 0) is 86.6 Å². The van der Waals surface area contributed by atoms with Gasteiger partial charge in [0.25, 0.3) is 11.8 Å². The highest BCUT2D eigenvalue weighted by atomic mass is 16.5. The zero-order chi connectivity index (χ0) is 25.5. The van der Waals surface area contributed by atoms with Crippen molar-refractivity contribution in [3.8, 4) is 11.5 Å². The number of amides is 3. The summed E-state index contributed by atoms with van der Waals surface area (Å²) in [7, 11) is 3.17. The third-order valence-corrected chi connectivity index (χ3v) is 7.21. The smallest absolute Gasteiger partial charge is 0.253 e. The van der Waals surface area contributed by atoms with E-state index in [4.69, 9.17) is 9.47 Å². The molecule has 0 bridgehead atoms. The Morgan fingerprint density at radius 2 is 1.28 bits per heavy atom. The summed E-state index contributed by atoms with van der Waals surface area (Å²) in [6.45, 7) is 2.53. The van der Waals surface area contributed by atoms with Crippen molar-refractivity contribution in [2.24, 2.45) is 5.92 Å². The van der Waals surface area contributed by atoms with Crippen molar-refractivity contribution in [3.05, 3.63) is 59.7 Å². The minimum atomic E-state index is -0.615. The van der Waals surface area contributed by atoms with E-state index in [0.717, 1.165) is 32.4 Å². The van der Waals surface area contributed by atoms with E-state index in [2.05, 4.69) is 5.32 Å². The van der Waals surface area contributed by atoms with Crippen LogP contribution in [0.2, 0.25) is 0 Å². The van der Waals surface area contributed by atoms with Gasteiger partial charge in [-0.2, -0.15) is 0 Å². The maximum absolute atomic E-state index is 13.6. The number of nitrogens with one attached hydrogen (secondary N) is 1. The summed E-state index contributed by atoms with van der Waals surface area (Å²) < 4.78 is 10.4. The van der Waals surface area contributed by atoms with Crippen LogP contribution in [0.4, 0.5) is 0 Å². The zero-order valence-corrected chi connectivity index (χ0v) is 21.1. The van der Waals surface area contributed by atoms with Gasteiger partial charge in [0.1, 0.15) is 17.5 Å². The van der Waals surface area contributed by atoms with E-state index in [-0.39, 0.29) is 23.6 Å². The van der Waals surface area contributed by atoms with Gasteiger partial charge in [-0.3, -0.25) is 14.4 Å². The molecule has 0 aromatic heterocycles. The lowest BCUT2D eigenvalue weighted by atomic mass is 9.87. The van der Waals surface area contributed by atoms with E-state index in [1.165, 1.54) is 0 Å². The molecule has 2 aliphatic heterocycles. The number of ether oxygens (including phenoxy) is 2. The highest BCUT2D eigenvalue weighted by Crippen LogP contribution is 2.25. The quantitative estimate of drug-likeness (QED) is 0.639. The van der Waals surface area contributed by atoms with Crippen LogP contribution in [0.1, 0.15) is 52.8 Å². The van der Waals surface area contributed by atoms with Crippen molar-refractivity contribution >= 4 is 17.7 Å². The molecule has 8 nitrogen and oxygen atoms in total. The highest BCUT2D eigenvalue weighted by molar-refractivity contribution is 5.98. The molecule has 0 radical (unpaired) electrons. The molecule has 2 aromatic carbocycles. The van der Waals surface area contributed by atoms with Crippen LogP contribution in [0.25, 0.3) is 0 Å². The van der Waals surface area contributed by atoms with Crippen LogP contribution in [0.15, 0.2) is 48.5 Å². The number of benzene rings is 2. The molecule has 2 heterocycles. The summed E-state index contributed by atoms with van der Waals surface area (Å²) in [5.41, 5.74) is 1.10. The molecule has 1 atom stereocenters. The first kappa shape index (κ1) is 25.5. The minimum absolute atomic E-state index is 0.0171. The van der Waals surface area contributed by atoms with Crippen molar-refractivity contribution in [1.82, 2.24) is 15.1 Å². The molecule has 2 fully saturated rings. The Kier molecular flexibility index (Phi) is 8.46. The van der Waals surface area contributed by atoms with E-state index in [1.807, 2.05) is 9.80 Å². The second-order valence-electron chi connectivity index (χ2n) is 9.42. The van der Waals surface area contributed by atoms with E-state index < -0.39 is 6.04 Å². The van der Waals surface area contributed by atoms with Crippen LogP contribution in [-0.2, 0) is 4.79 Å². The van der Waals surface area contributed by atoms with Gasteiger partial charge in [0.15, 0.2) is 0 Å². The Hall–Kier alpha value is -3.55. The third kappa shape index (κ3) is 5.98. The largest absolute Gasteiger partial charge is 0.497 e. The van der Waals surface area contributed by atoms with Crippen molar-refractivity contribution < 1.29 is 23.9 Å². The summed E-state index contributed by atoms with van der Waals surface area (Å²) >= 11 is 0. The molecule has 4 rings (SSSR count). The average molecular weight is 494 g/mol. The van der Waals surface area contributed by atoms with Crippen LogP contribution in [0.3, 0.4) is 0 Å². The highest BCUT2D eigenvalue weighted by Gasteiger charge is 2.36.